The van der Waals surface area contributed by atoms with Gasteiger partial charge in [-0.2, -0.15) is 0 Å². The predicted octanol–water partition coefficient (Wildman–Crippen LogP) is 5.55. The molecule has 2 aliphatic carbocycles. The number of hydrogen-bond donors (Lipinski definition) is 1. The highest BCUT2D eigenvalue weighted by atomic mass is 16.2. The van der Waals surface area contributed by atoms with Crippen molar-refractivity contribution in [2.24, 2.45) is 0 Å². The molecule has 1 amide bonds. The van der Waals surface area contributed by atoms with Gasteiger partial charge in [0, 0.05) is 30.4 Å². The molecule has 0 saturated heterocycles. The minimum Gasteiger partial charge on any atom is -0.367 e. The van der Waals surface area contributed by atoms with E-state index < -0.39 is 0 Å². The number of fused-ring (bicyclic) bond motifs is 1. The molecule has 2 fully saturated rings. The van der Waals surface area contributed by atoms with Gasteiger partial charge in [0.25, 0.3) is 0 Å². The van der Waals surface area contributed by atoms with Crippen molar-refractivity contribution >= 4 is 22.6 Å². The molecule has 2 aromatic carbocycles. The van der Waals surface area contributed by atoms with Crippen LogP contribution in [0.1, 0.15) is 57.4 Å². The van der Waals surface area contributed by atoms with Gasteiger partial charge < -0.3 is 10.2 Å². The van der Waals surface area contributed by atoms with Crippen molar-refractivity contribution in [1.82, 2.24) is 14.9 Å². The van der Waals surface area contributed by atoms with E-state index in [0.717, 1.165) is 53.5 Å². The maximum absolute atomic E-state index is 12.7. The molecule has 5 nitrogen and oxygen atoms in total. The van der Waals surface area contributed by atoms with Gasteiger partial charge in [-0.3, -0.25) is 4.79 Å². The average Bonchev–Trinajstić information content (AvgIpc) is 3.71. The minimum atomic E-state index is 0.299. The average molecular weight is 415 g/mol. The van der Waals surface area contributed by atoms with Crippen molar-refractivity contribution in [3.63, 3.8) is 0 Å². The highest BCUT2D eigenvalue weighted by Crippen LogP contribution is 2.32. The van der Waals surface area contributed by atoms with Crippen LogP contribution in [0, 0.1) is 0 Å². The number of hydrogen-bond acceptors (Lipinski definition) is 4. The summed E-state index contributed by atoms with van der Waals surface area (Å²) >= 11 is 0. The molecule has 0 unspecified atom stereocenters. The van der Waals surface area contributed by atoms with Crippen molar-refractivity contribution in [3.8, 4) is 11.1 Å². The van der Waals surface area contributed by atoms with Crippen LogP contribution in [0.25, 0.3) is 22.0 Å². The van der Waals surface area contributed by atoms with Crippen molar-refractivity contribution in [1.29, 1.82) is 0 Å². The zero-order chi connectivity index (χ0) is 21.2. The first-order chi connectivity index (χ1) is 15.2. The maximum Gasteiger partial charge on any atom is 0.223 e. The summed E-state index contributed by atoms with van der Waals surface area (Å²) in [6, 6.07) is 16.0. The Balaban J connectivity index is 1.40. The Bertz CT molecular complexity index is 1090. The maximum atomic E-state index is 12.7. The van der Waals surface area contributed by atoms with Crippen LogP contribution < -0.4 is 5.32 Å². The number of unbranched alkanes of at least 4 members (excludes halogenated alkanes) is 1. The molecule has 1 aromatic heterocycles. The van der Waals surface area contributed by atoms with Crippen LogP contribution in [0.3, 0.4) is 0 Å². The van der Waals surface area contributed by atoms with Crippen LogP contribution >= 0.6 is 0 Å². The first kappa shape index (κ1) is 20.0. The molecule has 0 atom stereocenters. The lowest BCUT2D eigenvalue weighted by Gasteiger charge is -2.23. The van der Waals surface area contributed by atoms with Gasteiger partial charge in [-0.15, -0.1) is 0 Å². The molecule has 2 saturated carbocycles. The zero-order valence-corrected chi connectivity index (χ0v) is 18.2. The molecule has 0 bridgehead atoms. The molecule has 0 radical (unpaired) electrons. The molecule has 5 heteroatoms. The minimum absolute atomic E-state index is 0.299. The van der Waals surface area contributed by atoms with Crippen LogP contribution in [-0.2, 0) is 11.3 Å². The van der Waals surface area contributed by atoms with Gasteiger partial charge >= 0.3 is 0 Å². The number of aromatic nitrogens is 2. The molecule has 160 valence electrons. The van der Waals surface area contributed by atoms with Crippen LogP contribution in [0.2, 0.25) is 0 Å². The Morgan fingerprint density at radius 1 is 1.06 bits per heavy atom. The summed E-state index contributed by atoms with van der Waals surface area (Å²) in [5, 5.41) is 4.59. The molecule has 31 heavy (non-hydrogen) atoms. The Kier molecular flexibility index (Phi) is 5.58. The highest BCUT2D eigenvalue weighted by Gasteiger charge is 2.32. The van der Waals surface area contributed by atoms with Crippen LogP contribution in [0.5, 0.6) is 0 Å². The molecular weight excluding hydrogens is 384 g/mol. The van der Waals surface area contributed by atoms with Crippen molar-refractivity contribution in [2.45, 2.75) is 70.5 Å². The Labute approximate surface area is 183 Å². The van der Waals surface area contributed by atoms with E-state index in [-0.39, 0.29) is 0 Å². The smallest absolute Gasteiger partial charge is 0.223 e. The lowest BCUT2D eigenvalue weighted by molar-refractivity contribution is -0.132. The zero-order valence-electron chi connectivity index (χ0n) is 18.2. The van der Waals surface area contributed by atoms with E-state index in [1.165, 1.54) is 18.4 Å². The number of anilines is 1. The van der Waals surface area contributed by atoms with Gasteiger partial charge in [-0.1, -0.05) is 37.6 Å². The van der Waals surface area contributed by atoms with E-state index in [9.17, 15) is 4.79 Å². The van der Waals surface area contributed by atoms with Crippen LogP contribution in [0.15, 0.2) is 48.8 Å². The molecule has 0 aliphatic heterocycles. The molecular formula is C26H30N4O. The second kappa shape index (κ2) is 8.66. The third kappa shape index (κ3) is 4.71. The second-order valence-corrected chi connectivity index (χ2v) is 8.93. The van der Waals surface area contributed by atoms with Gasteiger partial charge in [0.1, 0.15) is 12.1 Å². The van der Waals surface area contributed by atoms with Crippen LogP contribution in [-0.4, -0.2) is 32.9 Å². The number of carbonyl (C=O) groups is 1. The number of rotatable bonds is 9. The van der Waals surface area contributed by atoms with Crippen molar-refractivity contribution in [3.05, 3.63) is 54.4 Å². The van der Waals surface area contributed by atoms with E-state index in [1.54, 1.807) is 6.33 Å². The highest BCUT2D eigenvalue weighted by molar-refractivity contribution is 5.92. The Morgan fingerprint density at radius 2 is 1.90 bits per heavy atom. The summed E-state index contributed by atoms with van der Waals surface area (Å²) in [4.78, 5) is 23.7. The predicted molar refractivity (Wildman–Crippen MR) is 125 cm³/mol. The third-order valence-electron chi connectivity index (χ3n) is 6.22. The number of carbonyl (C=O) groups excluding carboxylic acids is 1. The standard InChI is InChI=1S/C26H30N4O/c1-2-3-7-25(31)30(22-11-12-22)16-18-5-4-6-19(14-18)20-8-13-24-23(15-20)26(28-17-27-24)29-21-9-10-21/h4-6,8,13-15,17,21-22H,2-3,7,9-12,16H2,1H3,(H,27,28,29). The summed E-state index contributed by atoms with van der Waals surface area (Å²) in [5.41, 5.74) is 4.46. The number of nitrogens with zero attached hydrogens (tertiary/aromatic N) is 3. The first-order valence-electron chi connectivity index (χ1n) is 11.6. The third-order valence-corrected chi connectivity index (χ3v) is 6.22. The van der Waals surface area contributed by atoms with E-state index in [2.05, 4.69) is 69.6 Å². The fourth-order valence-electron chi connectivity index (χ4n) is 4.10. The molecule has 0 spiro atoms. The SMILES string of the molecule is CCCCC(=O)N(Cc1cccc(-c2ccc3ncnc(NC4CC4)c3c2)c1)C1CC1. The summed E-state index contributed by atoms with van der Waals surface area (Å²) in [6.07, 6.45) is 9.02. The van der Waals surface area contributed by atoms with Gasteiger partial charge in [0.2, 0.25) is 5.91 Å². The Hall–Kier alpha value is -2.95. The lowest BCUT2D eigenvalue weighted by atomic mass is 10.0. The normalized spacial score (nSPS) is 15.8. The lowest BCUT2D eigenvalue weighted by Crippen LogP contribution is -2.32. The molecule has 1 N–H and O–H groups in total. The van der Waals surface area contributed by atoms with Gasteiger partial charge in [-0.25, -0.2) is 9.97 Å². The molecule has 3 aromatic rings. The van der Waals surface area contributed by atoms with Crippen molar-refractivity contribution < 1.29 is 4.79 Å². The summed E-state index contributed by atoms with van der Waals surface area (Å²) in [6.45, 7) is 2.84. The summed E-state index contributed by atoms with van der Waals surface area (Å²) in [7, 11) is 0. The molecule has 2 aliphatic rings. The van der Waals surface area contributed by atoms with Gasteiger partial charge in [0.05, 0.1) is 5.52 Å². The number of nitrogens with one attached hydrogen (secondary N) is 1. The van der Waals surface area contributed by atoms with E-state index in [4.69, 9.17) is 0 Å². The van der Waals surface area contributed by atoms with Gasteiger partial charge in [0.15, 0.2) is 0 Å². The summed E-state index contributed by atoms with van der Waals surface area (Å²) < 4.78 is 0. The Morgan fingerprint density at radius 3 is 2.68 bits per heavy atom. The van der Waals surface area contributed by atoms with Gasteiger partial charge in [-0.05, 0) is 67.0 Å². The largest absolute Gasteiger partial charge is 0.367 e. The second-order valence-electron chi connectivity index (χ2n) is 8.93. The topological polar surface area (TPSA) is 58.1 Å². The van der Waals surface area contributed by atoms with E-state index in [0.29, 0.717) is 31.0 Å². The molecule has 5 rings (SSSR count). The fraction of sp³-hybridized carbons (Fsp3) is 0.423. The quantitative estimate of drug-likeness (QED) is 0.498. The number of benzene rings is 2. The van der Waals surface area contributed by atoms with E-state index >= 15 is 0 Å². The fourth-order valence-corrected chi connectivity index (χ4v) is 4.10. The number of amides is 1. The van der Waals surface area contributed by atoms with E-state index in [1.807, 2.05) is 0 Å². The molecule has 1 heterocycles. The van der Waals surface area contributed by atoms with Crippen LogP contribution in [0.4, 0.5) is 5.82 Å². The monoisotopic (exact) mass is 414 g/mol. The summed E-state index contributed by atoms with van der Waals surface area (Å²) in [5.74, 6) is 1.22. The first-order valence-corrected chi connectivity index (χ1v) is 11.6. The van der Waals surface area contributed by atoms with Crippen molar-refractivity contribution in [2.75, 3.05) is 5.32 Å².